The molecule has 0 rings (SSSR count). The first kappa shape index (κ1) is 11.9. The zero-order valence-corrected chi connectivity index (χ0v) is 8.77. The van der Waals surface area contributed by atoms with Crippen LogP contribution in [-0.4, -0.2) is 19.6 Å². The SMILES string of the molecule is CC(C)CCCNCC(C)CN. The Morgan fingerprint density at radius 1 is 1.25 bits per heavy atom. The number of hydrogen-bond donors (Lipinski definition) is 2. The zero-order chi connectivity index (χ0) is 9.40. The fourth-order valence-electron chi connectivity index (χ4n) is 1.07. The van der Waals surface area contributed by atoms with Gasteiger partial charge in [0.15, 0.2) is 0 Å². The highest BCUT2D eigenvalue weighted by Crippen LogP contribution is 2.01. The van der Waals surface area contributed by atoms with Gasteiger partial charge in [-0.25, -0.2) is 0 Å². The minimum absolute atomic E-state index is 0.615. The van der Waals surface area contributed by atoms with Crippen LogP contribution in [0, 0.1) is 11.8 Å². The van der Waals surface area contributed by atoms with Crippen LogP contribution in [0.3, 0.4) is 0 Å². The molecular formula is C10H24N2. The van der Waals surface area contributed by atoms with Crippen molar-refractivity contribution in [1.82, 2.24) is 5.32 Å². The predicted octanol–water partition coefficient (Wildman–Crippen LogP) is 1.61. The molecule has 12 heavy (non-hydrogen) atoms. The van der Waals surface area contributed by atoms with Crippen molar-refractivity contribution >= 4 is 0 Å². The van der Waals surface area contributed by atoms with E-state index in [1.54, 1.807) is 0 Å². The van der Waals surface area contributed by atoms with E-state index < -0.39 is 0 Å². The normalized spacial score (nSPS) is 13.8. The monoisotopic (exact) mass is 172 g/mol. The smallest absolute Gasteiger partial charge is 0.00111 e. The molecule has 0 aliphatic heterocycles. The maximum atomic E-state index is 5.49. The van der Waals surface area contributed by atoms with E-state index in [-0.39, 0.29) is 0 Å². The molecule has 1 unspecified atom stereocenters. The van der Waals surface area contributed by atoms with Crippen molar-refractivity contribution < 1.29 is 0 Å². The van der Waals surface area contributed by atoms with Crippen molar-refractivity contribution in [2.75, 3.05) is 19.6 Å². The fraction of sp³-hybridized carbons (Fsp3) is 1.00. The topological polar surface area (TPSA) is 38.0 Å². The number of nitrogens with one attached hydrogen (secondary N) is 1. The van der Waals surface area contributed by atoms with Crippen molar-refractivity contribution in [3.8, 4) is 0 Å². The lowest BCUT2D eigenvalue weighted by atomic mass is 10.1. The summed E-state index contributed by atoms with van der Waals surface area (Å²) in [7, 11) is 0. The van der Waals surface area contributed by atoms with E-state index in [0.717, 1.165) is 25.6 Å². The summed E-state index contributed by atoms with van der Waals surface area (Å²) in [4.78, 5) is 0. The minimum atomic E-state index is 0.615. The molecule has 0 radical (unpaired) electrons. The van der Waals surface area contributed by atoms with E-state index in [1.807, 2.05) is 0 Å². The van der Waals surface area contributed by atoms with Gasteiger partial charge >= 0.3 is 0 Å². The Morgan fingerprint density at radius 2 is 1.92 bits per heavy atom. The summed E-state index contributed by atoms with van der Waals surface area (Å²) in [5.74, 6) is 1.45. The van der Waals surface area contributed by atoms with Crippen LogP contribution in [0.15, 0.2) is 0 Å². The molecule has 3 N–H and O–H groups in total. The van der Waals surface area contributed by atoms with Crippen LogP contribution < -0.4 is 11.1 Å². The van der Waals surface area contributed by atoms with Crippen molar-refractivity contribution in [3.63, 3.8) is 0 Å². The molecule has 0 heterocycles. The average Bonchev–Trinajstić information content (AvgIpc) is 2.03. The lowest BCUT2D eigenvalue weighted by molar-refractivity contribution is 0.485. The second kappa shape index (κ2) is 7.56. The molecular weight excluding hydrogens is 148 g/mol. The van der Waals surface area contributed by atoms with Gasteiger partial charge in [-0.1, -0.05) is 20.8 Å². The molecule has 0 bridgehead atoms. The average molecular weight is 172 g/mol. The molecule has 0 aromatic carbocycles. The quantitative estimate of drug-likeness (QED) is 0.573. The van der Waals surface area contributed by atoms with E-state index in [4.69, 9.17) is 5.73 Å². The number of nitrogens with two attached hydrogens (primary N) is 1. The summed E-state index contributed by atoms with van der Waals surface area (Å²) in [6, 6.07) is 0. The van der Waals surface area contributed by atoms with Gasteiger partial charge < -0.3 is 11.1 Å². The van der Waals surface area contributed by atoms with Gasteiger partial charge in [0.1, 0.15) is 0 Å². The Labute approximate surface area is 76.9 Å². The lowest BCUT2D eigenvalue weighted by Gasteiger charge is -2.10. The van der Waals surface area contributed by atoms with E-state index in [2.05, 4.69) is 26.1 Å². The highest BCUT2D eigenvalue weighted by atomic mass is 14.9. The standard InChI is InChI=1S/C10H24N2/c1-9(2)5-4-6-12-8-10(3)7-11/h9-10,12H,4-8,11H2,1-3H3. The molecule has 0 aromatic rings. The Bertz CT molecular complexity index is 91.8. The first-order valence-corrected chi connectivity index (χ1v) is 5.07. The van der Waals surface area contributed by atoms with Crippen molar-refractivity contribution in [1.29, 1.82) is 0 Å². The molecule has 0 aromatic heterocycles. The first-order chi connectivity index (χ1) is 5.66. The third kappa shape index (κ3) is 8.02. The molecule has 0 fully saturated rings. The molecule has 0 saturated heterocycles. The summed E-state index contributed by atoms with van der Waals surface area (Å²) in [5.41, 5.74) is 5.49. The van der Waals surface area contributed by atoms with Crippen LogP contribution in [0.1, 0.15) is 33.6 Å². The Balaban J connectivity index is 3.00. The molecule has 1 atom stereocenters. The summed E-state index contributed by atoms with van der Waals surface area (Å²) >= 11 is 0. The van der Waals surface area contributed by atoms with Crippen LogP contribution in [0.4, 0.5) is 0 Å². The number of rotatable bonds is 7. The molecule has 2 nitrogen and oxygen atoms in total. The van der Waals surface area contributed by atoms with Gasteiger partial charge in [0, 0.05) is 0 Å². The van der Waals surface area contributed by atoms with Crippen molar-refractivity contribution in [3.05, 3.63) is 0 Å². The largest absolute Gasteiger partial charge is 0.330 e. The Morgan fingerprint density at radius 3 is 2.42 bits per heavy atom. The van der Waals surface area contributed by atoms with Crippen molar-refractivity contribution in [2.24, 2.45) is 17.6 Å². The molecule has 0 amide bonds. The molecule has 0 aliphatic carbocycles. The molecule has 74 valence electrons. The van der Waals surface area contributed by atoms with Crippen LogP contribution in [0.2, 0.25) is 0 Å². The van der Waals surface area contributed by atoms with E-state index in [0.29, 0.717) is 5.92 Å². The maximum absolute atomic E-state index is 5.49. The highest BCUT2D eigenvalue weighted by Gasteiger charge is 1.97. The molecule has 0 spiro atoms. The van der Waals surface area contributed by atoms with E-state index in [9.17, 15) is 0 Å². The summed E-state index contributed by atoms with van der Waals surface area (Å²) < 4.78 is 0. The lowest BCUT2D eigenvalue weighted by Crippen LogP contribution is -2.26. The van der Waals surface area contributed by atoms with Crippen LogP contribution >= 0.6 is 0 Å². The van der Waals surface area contributed by atoms with Crippen LogP contribution in [0.5, 0.6) is 0 Å². The zero-order valence-electron chi connectivity index (χ0n) is 8.77. The minimum Gasteiger partial charge on any atom is -0.330 e. The molecule has 0 aliphatic rings. The van der Waals surface area contributed by atoms with Crippen molar-refractivity contribution in [2.45, 2.75) is 33.6 Å². The molecule has 2 heteroatoms. The predicted molar refractivity (Wildman–Crippen MR) is 55.2 cm³/mol. The van der Waals surface area contributed by atoms with Gasteiger partial charge in [-0.3, -0.25) is 0 Å². The van der Waals surface area contributed by atoms with E-state index >= 15 is 0 Å². The number of hydrogen-bond acceptors (Lipinski definition) is 2. The van der Waals surface area contributed by atoms with E-state index in [1.165, 1.54) is 12.8 Å². The summed E-state index contributed by atoms with van der Waals surface area (Å²) in [6.07, 6.45) is 2.61. The van der Waals surface area contributed by atoms with Gasteiger partial charge in [-0.05, 0) is 44.3 Å². The van der Waals surface area contributed by atoms with Gasteiger partial charge in [-0.15, -0.1) is 0 Å². The van der Waals surface area contributed by atoms with Gasteiger partial charge in [0.05, 0.1) is 0 Å². The second-order valence-corrected chi connectivity index (χ2v) is 4.08. The highest BCUT2D eigenvalue weighted by molar-refractivity contribution is 4.57. The maximum Gasteiger partial charge on any atom is -0.00111 e. The fourth-order valence-corrected chi connectivity index (χ4v) is 1.07. The van der Waals surface area contributed by atoms with Crippen LogP contribution in [-0.2, 0) is 0 Å². The van der Waals surface area contributed by atoms with Gasteiger partial charge in [-0.2, -0.15) is 0 Å². The summed E-state index contributed by atoms with van der Waals surface area (Å²) in [6.45, 7) is 9.70. The third-order valence-electron chi connectivity index (χ3n) is 2.03. The first-order valence-electron chi connectivity index (χ1n) is 5.07. The summed E-state index contributed by atoms with van der Waals surface area (Å²) in [5, 5.41) is 3.41. The third-order valence-corrected chi connectivity index (χ3v) is 2.03. The van der Waals surface area contributed by atoms with Gasteiger partial charge in [0.2, 0.25) is 0 Å². The molecule has 0 saturated carbocycles. The Kier molecular flexibility index (Phi) is 7.51. The second-order valence-electron chi connectivity index (χ2n) is 4.08. The van der Waals surface area contributed by atoms with Crippen LogP contribution in [0.25, 0.3) is 0 Å². The Hall–Kier alpha value is -0.0800. The van der Waals surface area contributed by atoms with Gasteiger partial charge in [0.25, 0.3) is 0 Å².